The van der Waals surface area contributed by atoms with Gasteiger partial charge in [-0.1, -0.05) is 5.92 Å². The summed E-state index contributed by atoms with van der Waals surface area (Å²) in [6, 6.07) is 3.18. The van der Waals surface area contributed by atoms with Gasteiger partial charge in [0.15, 0.2) is 6.29 Å². The van der Waals surface area contributed by atoms with Crippen molar-refractivity contribution in [2.45, 2.75) is 0 Å². The second-order valence-electron chi connectivity index (χ2n) is 2.31. The molecule has 0 amide bonds. The molecule has 0 fully saturated rings. The summed E-state index contributed by atoms with van der Waals surface area (Å²) in [4.78, 5) is 19.3. The molecule has 5 heteroatoms. The molecule has 0 unspecified atom stereocenters. The first-order valence-corrected chi connectivity index (χ1v) is 3.54. The van der Waals surface area contributed by atoms with Gasteiger partial charge in [-0.3, -0.25) is 14.9 Å². The van der Waals surface area contributed by atoms with E-state index in [9.17, 15) is 19.3 Å². The highest BCUT2D eigenvalue weighted by molar-refractivity contribution is 5.74. The van der Waals surface area contributed by atoms with Crippen LogP contribution in [0.1, 0.15) is 5.56 Å². The molecule has 0 aliphatic carbocycles. The number of nitro benzene ring substituents is 1. The van der Waals surface area contributed by atoms with Gasteiger partial charge in [0.2, 0.25) is 5.82 Å². The van der Waals surface area contributed by atoms with E-state index in [4.69, 9.17) is 0 Å². The molecular weight excluding hydrogens is 189 g/mol. The Balaban J connectivity index is 3.19. The molecule has 0 saturated carbocycles. The molecule has 0 spiro atoms. The molecule has 0 aliphatic rings. The van der Waals surface area contributed by atoms with Crippen LogP contribution in [0.3, 0.4) is 0 Å². The first-order chi connectivity index (χ1) is 6.65. The minimum atomic E-state index is -0.924. The lowest BCUT2D eigenvalue weighted by atomic mass is 10.2. The summed E-state index contributed by atoms with van der Waals surface area (Å²) in [5, 5.41) is 10.3. The van der Waals surface area contributed by atoms with Gasteiger partial charge in [0.25, 0.3) is 0 Å². The van der Waals surface area contributed by atoms with Crippen molar-refractivity contribution in [3.05, 3.63) is 39.7 Å². The van der Waals surface area contributed by atoms with Crippen LogP contribution in [0.15, 0.2) is 18.2 Å². The molecule has 4 nitrogen and oxygen atoms in total. The van der Waals surface area contributed by atoms with Gasteiger partial charge in [-0.25, -0.2) is 0 Å². The Morgan fingerprint density at radius 2 is 2.21 bits per heavy atom. The van der Waals surface area contributed by atoms with E-state index in [1.807, 2.05) is 0 Å². The second kappa shape index (κ2) is 4.14. The minimum Gasteiger partial charge on any atom is -0.289 e. The van der Waals surface area contributed by atoms with Crippen molar-refractivity contribution in [2.24, 2.45) is 0 Å². The summed E-state index contributed by atoms with van der Waals surface area (Å²) < 4.78 is 12.8. The maximum atomic E-state index is 12.8. The number of nitrogens with zero attached hydrogens (tertiary/aromatic N) is 1. The van der Waals surface area contributed by atoms with E-state index in [0.29, 0.717) is 6.29 Å². The quantitative estimate of drug-likeness (QED) is 0.292. The predicted molar refractivity (Wildman–Crippen MR) is 46.0 cm³/mol. The van der Waals surface area contributed by atoms with Gasteiger partial charge >= 0.3 is 5.69 Å². The van der Waals surface area contributed by atoms with Crippen molar-refractivity contribution in [2.75, 3.05) is 0 Å². The van der Waals surface area contributed by atoms with Crippen LogP contribution >= 0.6 is 0 Å². The van der Waals surface area contributed by atoms with Crippen molar-refractivity contribution in [1.29, 1.82) is 0 Å². The summed E-state index contributed by atoms with van der Waals surface area (Å²) in [6.07, 6.45) is 0.356. The van der Waals surface area contributed by atoms with Crippen LogP contribution in [-0.2, 0) is 4.79 Å². The Hall–Kier alpha value is -2.22. The molecule has 0 N–H and O–H groups in total. The van der Waals surface area contributed by atoms with Gasteiger partial charge in [-0.2, -0.15) is 4.39 Å². The van der Waals surface area contributed by atoms with Gasteiger partial charge < -0.3 is 0 Å². The zero-order chi connectivity index (χ0) is 10.6. The van der Waals surface area contributed by atoms with Crippen LogP contribution in [0.4, 0.5) is 10.1 Å². The number of hydrogen-bond donors (Lipinski definition) is 0. The van der Waals surface area contributed by atoms with E-state index in [-0.39, 0.29) is 5.56 Å². The maximum absolute atomic E-state index is 12.8. The average molecular weight is 193 g/mol. The Kier molecular flexibility index (Phi) is 2.92. The normalized spacial score (nSPS) is 8.64. The smallest absolute Gasteiger partial charge is 0.289 e. The molecule has 0 aromatic heterocycles. The van der Waals surface area contributed by atoms with Crippen molar-refractivity contribution < 1.29 is 14.1 Å². The number of nitro groups is 1. The molecule has 1 aromatic rings. The molecule has 1 aromatic carbocycles. The number of carbonyl (C=O) groups excluding carboxylic acids is 1. The monoisotopic (exact) mass is 193 g/mol. The summed E-state index contributed by atoms with van der Waals surface area (Å²) in [5.74, 6) is 3.48. The van der Waals surface area contributed by atoms with E-state index in [0.717, 1.165) is 12.1 Å². The summed E-state index contributed by atoms with van der Waals surface area (Å²) in [6.45, 7) is 0. The zero-order valence-corrected chi connectivity index (χ0v) is 6.86. The van der Waals surface area contributed by atoms with E-state index in [1.165, 1.54) is 6.07 Å². The van der Waals surface area contributed by atoms with Crippen molar-refractivity contribution in [3.8, 4) is 11.8 Å². The van der Waals surface area contributed by atoms with Gasteiger partial charge in [-0.15, -0.1) is 0 Å². The lowest BCUT2D eigenvalue weighted by Gasteiger charge is -1.93. The lowest BCUT2D eigenvalue weighted by Crippen LogP contribution is -1.92. The number of carbonyl (C=O) groups is 1. The molecule has 0 aliphatic heterocycles. The SMILES string of the molecule is O=CC#Cc1ccc(F)c([N+](=O)[O-])c1. The molecule has 0 bridgehead atoms. The van der Waals surface area contributed by atoms with Crippen molar-refractivity contribution >= 4 is 12.0 Å². The third kappa shape index (κ3) is 2.14. The molecule has 0 saturated heterocycles. The highest BCUT2D eigenvalue weighted by Crippen LogP contribution is 2.17. The summed E-state index contributed by atoms with van der Waals surface area (Å²) >= 11 is 0. The van der Waals surface area contributed by atoms with Crippen LogP contribution in [0, 0.1) is 27.8 Å². The first kappa shape index (κ1) is 9.86. The molecule has 70 valence electrons. The third-order valence-electron chi connectivity index (χ3n) is 1.42. The summed E-state index contributed by atoms with van der Waals surface area (Å²) in [7, 11) is 0. The summed E-state index contributed by atoms with van der Waals surface area (Å²) in [5.41, 5.74) is -0.423. The Morgan fingerprint density at radius 1 is 1.50 bits per heavy atom. The van der Waals surface area contributed by atoms with Crippen LogP contribution in [-0.4, -0.2) is 11.2 Å². The predicted octanol–water partition coefficient (Wildman–Crippen LogP) is 1.28. The van der Waals surface area contributed by atoms with Gasteiger partial charge in [0.05, 0.1) is 4.92 Å². The molecule has 1 rings (SSSR count). The standard InChI is InChI=1S/C9H4FNO3/c10-8-4-3-7(2-1-5-12)6-9(8)11(13)14/h3-6H. The van der Waals surface area contributed by atoms with Crippen molar-refractivity contribution in [1.82, 2.24) is 0 Å². The Labute approximate surface area is 78.5 Å². The highest BCUT2D eigenvalue weighted by Gasteiger charge is 2.13. The number of halogens is 1. The number of aldehydes is 1. The topological polar surface area (TPSA) is 60.2 Å². The Morgan fingerprint density at radius 3 is 2.79 bits per heavy atom. The second-order valence-corrected chi connectivity index (χ2v) is 2.31. The van der Waals surface area contributed by atoms with Gasteiger partial charge in [-0.05, 0) is 18.1 Å². The lowest BCUT2D eigenvalue weighted by molar-refractivity contribution is -0.387. The molecule has 0 heterocycles. The average Bonchev–Trinajstić information content (AvgIpc) is 2.16. The molecular formula is C9H4FNO3. The van der Waals surface area contributed by atoms with Crippen LogP contribution in [0.25, 0.3) is 0 Å². The van der Waals surface area contributed by atoms with E-state index < -0.39 is 16.4 Å². The van der Waals surface area contributed by atoms with E-state index in [1.54, 1.807) is 0 Å². The first-order valence-electron chi connectivity index (χ1n) is 3.54. The fourth-order valence-electron chi connectivity index (χ4n) is 0.843. The zero-order valence-electron chi connectivity index (χ0n) is 6.86. The van der Waals surface area contributed by atoms with E-state index >= 15 is 0 Å². The molecule has 0 atom stereocenters. The fourth-order valence-corrected chi connectivity index (χ4v) is 0.843. The number of hydrogen-bond acceptors (Lipinski definition) is 3. The van der Waals surface area contributed by atoms with Gasteiger partial charge in [0, 0.05) is 11.6 Å². The van der Waals surface area contributed by atoms with Crippen LogP contribution < -0.4 is 0 Å². The van der Waals surface area contributed by atoms with Crippen LogP contribution in [0.5, 0.6) is 0 Å². The fraction of sp³-hybridized carbons (Fsp3) is 0. The number of benzene rings is 1. The third-order valence-corrected chi connectivity index (χ3v) is 1.42. The van der Waals surface area contributed by atoms with Crippen molar-refractivity contribution in [3.63, 3.8) is 0 Å². The molecule has 14 heavy (non-hydrogen) atoms. The Bertz CT molecular complexity index is 445. The highest BCUT2D eigenvalue weighted by atomic mass is 19.1. The van der Waals surface area contributed by atoms with Crippen LogP contribution in [0.2, 0.25) is 0 Å². The van der Waals surface area contributed by atoms with E-state index in [2.05, 4.69) is 11.8 Å². The van der Waals surface area contributed by atoms with Gasteiger partial charge in [0.1, 0.15) is 0 Å². The number of rotatable bonds is 1. The minimum absolute atomic E-state index is 0.227. The largest absolute Gasteiger partial charge is 0.306 e. The molecule has 0 radical (unpaired) electrons. The maximum Gasteiger partial charge on any atom is 0.306 e.